The molecule has 2 heterocycles. The van der Waals surface area contributed by atoms with Crippen LogP contribution in [0.1, 0.15) is 21.1 Å². The van der Waals surface area contributed by atoms with Gasteiger partial charge in [-0.05, 0) is 26.0 Å². The molecule has 0 unspecified atom stereocenters. The Labute approximate surface area is 115 Å². The highest BCUT2D eigenvalue weighted by Crippen LogP contribution is 2.25. The van der Waals surface area contributed by atoms with E-state index in [9.17, 15) is 4.79 Å². The molecule has 0 aliphatic carbocycles. The van der Waals surface area contributed by atoms with Crippen molar-refractivity contribution in [1.82, 2.24) is 9.97 Å². The number of nitrogens with one attached hydrogen (secondary N) is 2. The first-order chi connectivity index (χ1) is 9.01. The number of anilines is 3. The van der Waals surface area contributed by atoms with Gasteiger partial charge in [-0.1, -0.05) is 11.3 Å². The number of rotatable bonds is 3. The number of thiazole rings is 1. The van der Waals surface area contributed by atoms with Crippen molar-refractivity contribution in [2.75, 3.05) is 23.4 Å². The third kappa shape index (κ3) is 2.82. The van der Waals surface area contributed by atoms with Gasteiger partial charge >= 0.3 is 0 Å². The molecule has 2 rings (SSSR count). The fourth-order valence-electron chi connectivity index (χ4n) is 1.60. The van der Waals surface area contributed by atoms with Gasteiger partial charge in [0, 0.05) is 12.7 Å². The molecule has 4 N–H and O–H groups in total. The van der Waals surface area contributed by atoms with Crippen LogP contribution < -0.4 is 16.4 Å². The molecule has 19 heavy (non-hydrogen) atoms. The number of nitrogens with two attached hydrogens (primary N) is 1. The summed E-state index contributed by atoms with van der Waals surface area (Å²) in [6.45, 7) is 3.75. The highest BCUT2D eigenvalue weighted by Gasteiger charge is 2.16. The first-order valence-corrected chi connectivity index (χ1v) is 6.52. The fraction of sp³-hybridized carbons (Fsp3) is 0.250. The van der Waals surface area contributed by atoms with Gasteiger partial charge in [-0.15, -0.1) is 0 Å². The molecular formula is C12H15N5OS. The van der Waals surface area contributed by atoms with E-state index in [-0.39, 0.29) is 11.7 Å². The molecule has 2 aromatic rings. The molecule has 0 saturated heterocycles. The highest BCUT2D eigenvalue weighted by molar-refractivity contribution is 7.18. The second-order valence-corrected chi connectivity index (χ2v) is 5.02. The Kier molecular flexibility index (Phi) is 3.66. The zero-order valence-corrected chi connectivity index (χ0v) is 11.8. The number of hydrogen-bond acceptors (Lipinski definition) is 6. The lowest BCUT2D eigenvalue weighted by molar-refractivity contribution is 0.103. The Bertz CT molecular complexity index is 623. The summed E-state index contributed by atoms with van der Waals surface area (Å²) >= 11 is 1.22. The van der Waals surface area contributed by atoms with Crippen molar-refractivity contribution in [2.45, 2.75) is 13.8 Å². The second-order valence-electron chi connectivity index (χ2n) is 4.02. The van der Waals surface area contributed by atoms with Crippen molar-refractivity contribution in [3.63, 3.8) is 0 Å². The van der Waals surface area contributed by atoms with E-state index in [1.165, 1.54) is 11.3 Å². The summed E-state index contributed by atoms with van der Waals surface area (Å²) in [7, 11) is 1.73. The molecular weight excluding hydrogens is 262 g/mol. The Hall–Kier alpha value is -2.15. The van der Waals surface area contributed by atoms with Gasteiger partial charge in [-0.25, -0.2) is 4.98 Å². The number of nitrogens with zero attached hydrogens (tertiary/aromatic N) is 2. The maximum atomic E-state index is 12.1. The zero-order chi connectivity index (χ0) is 14.0. The Morgan fingerprint density at radius 2 is 2.05 bits per heavy atom. The third-order valence-corrected chi connectivity index (χ3v) is 3.63. The predicted octanol–water partition coefficient (Wildman–Crippen LogP) is 2.03. The summed E-state index contributed by atoms with van der Waals surface area (Å²) in [5.74, 6) is -0.0465. The number of pyridine rings is 1. The second kappa shape index (κ2) is 5.23. The lowest BCUT2D eigenvalue weighted by Gasteiger charge is -2.07. The monoisotopic (exact) mass is 277 g/mol. The minimum atomic E-state index is -0.273. The third-order valence-electron chi connectivity index (χ3n) is 2.55. The first-order valence-electron chi connectivity index (χ1n) is 5.71. The summed E-state index contributed by atoms with van der Waals surface area (Å²) in [5.41, 5.74) is 8.07. The van der Waals surface area contributed by atoms with E-state index in [0.29, 0.717) is 15.7 Å². The van der Waals surface area contributed by atoms with Gasteiger partial charge in [0.25, 0.3) is 5.91 Å². The minimum Gasteiger partial charge on any atom is -0.382 e. The molecule has 7 heteroatoms. The number of nitrogen functional groups attached to an aromatic ring is 1. The van der Waals surface area contributed by atoms with Gasteiger partial charge < -0.3 is 16.4 Å². The molecule has 0 aliphatic heterocycles. The summed E-state index contributed by atoms with van der Waals surface area (Å²) in [5, 5.41) is 6.27. The van der Waals surface area contributed by atoms with E-state index in [0.717, 1.165) is 11.4 Å². The minimum absolute atomic E-state index is 0.226. The van der Waals surface area contributed by atoms with Crippen molar-refractivity contribution >= 4 is 33.9 Å². The molecule has 6 nitrogen and oxygen atoms in total. The zero-order valence-electron chi connectivity index (χ0n) is 10.9. The molecule has 0 aromatic carbocycles. The average molecular weight is 277 g/mol. The maximum Gasteiger partial charge on any atom is 0.269 e. The van der Waals surface area contributed by atoms with E-state index in [1.807, 2.05) is 26.0 Å². The Balaban J connectivity index is 2.23. The molecule has 0 aliphatic rings. The van der Waals surface area contributed by atoms with Crippen LogP contribution in [0, 0.1) is 13.8 Å². The first kappa shape index (κ1) is 13.3. The van der Waals surface area contributed by atoms with E-state index in [4.69, 9.17) is 5.73 Å². The van der Waals surface area contributed by atoms with E-state index in [2.05, 4.69) is 20.6 Å². The average Bonchev–Trinajstić information content (AvgIpc) is 2.74. The number of aryl methyl sites for hydroxylation is 2. The van der Waals surface area contributed by atoms with E-state index < -0.39 is 0 Å². The van der Waals surface area contributed by atoms with Gasteiger partial charge in [-0.2, -0.15) is 0 Å². The molecule has 2 aromatic heterocycles. The van der Waals surface area contributed by atoms with Crippen molar-refractivity contribution in [2.24, 2.45) is 0 Å². The molecule has 0 spiro atoms. The molecule has 1 amide bonds. The smallest absolute Gasteiger partial charge is 0.269 e. The number of hydrogen-bond donors (Lipinski definition) is 3. The number of aromatic nitrogens is 2. The van der Waals surface area contributed by atoms with Crippen LogP contribution in [-0.2, 0) is 0 Å². The number of carbonyl (C=O) groups is 1. The summed E-state index contributed by atoms with van der Waals surface area (Å²) in [6.07, 6.45) is 0. The van der Waals surface area contributed by atoms with Gasteiger partial charge in [0.2, 0.25) is 0 Å². The number of carbonyl (C=O) groups excluding carboxylic acids is 1. The van der Waals surface area contributed by atoms with Crippen LogP contribution in [0.15, 0.2) is 12.1 Å². The summed E-state index contributed by atoms with van der Waals surface area (Å²) < 4.78 is 0. The van der Waals surface area contributed by atoms with Gasteiger partial charge in [-0.3, -0.25) is 9.78 Å². The Morgan fingerprint density at radius 3 is 2.63 bits per heavy atom. The lowest BCUT2D eigenvalue weighted by atomic mass is 10.2. The van der Waals surface area contributed by atoms with Crippen molar-refractivity contribution in [1.29, 1.82) is 0 Å². The maximum absolute atomic E-state index is 12.1. The normalized spacial score (nSPS) is 10.3. The van der Waals surface area contributed by atoms with Crippen LogP contribution in [0.25, 0.3) is 0 Å². The largest absolute Gasteiger partial charge is 0.382 e. The lowest BCUT2D eigenvalue weighted by Crippen LogP contribution is -2.13. The van der Waals surface area contributed by atoms with Gasteiger partial charge in [0.1, 0.15) is 10.7 Å². The quantitative estimate of drug-likeness (QED) is 0.798. The summed E-state index contributed by atoms with van der Waals surface area (Å²) in [4.78, 5) is 20.8. The van der Waals surface area contributed by atoms with Crippen LogP contribution in [0.3, 0.4) is 0 Å². The van der Waals surface area contributed by atoms with Crippen LogP contribution >= 0.6 is 11.3 Å². The fourth-order valence-corrected chi connectivity index (χ4v) is 2.33. The van der Waals surface area contributed by atoms with Gasteiger partial charge in [0.15, 0.2) is 5.13 Å². The SMILES string of the molecule is CNc1nc(N)c(C(=O)Nc2ccc(C)nc2C)s1. The number of amides is 1. The van der Waals surface area contributed by atoms with Crippen molar-refractivity contribution in [3.05, 3.63) is 28.4 Å². The molecule has 0 radical (unpaired) electrons. The van der Waals surface area contributed by atoms with Crippen molar-refractivity contribution in [3.8, 4) is 0 Å². The molecule has 0 saturated carbocycles. The standard InChI is InChI=1S/C12H15N5OS/c1-6-4-5-8(7(2)15-6)16-11(18)9-10(13)17-12(14-3)19-9/h4-5H,13H2,1-3H3,(H,14,17)(H,16,18). The molecule has 0 atom stereocenters. The Morgan fingerprint density at radius 1 is 1.32 bits per heavy atom. The van der Waals surface area contributed by atoms with Crippen LogP contribution in [0.2, 0.25) is 0 Å². The van der Waals surface area contributed by atoms with Gasteiger partial charge in [0.05, 0.1) is 11.4 Å². The van der Waals surface area contributed by atoms with Crippen LogP contribution in [-0.4, -0.2) is 22.9 Å². The van der Waals surface area contributed by atoms with E-state index >= 15 is 0 Å². The van der Waals surface area contributed by atoms with Crippen LogP contribution in [0.5, 0.6) is 0 Å². The summed E-state index contributed by atoms with van der Waals surface area (Å²) in [6, 6.07) is 3.67. The predicted molar refractivity (Wildman–Crippen MR) is 77.7 cm³/mol. The highest BCUT2D eigenvalue weighted by atomic mass is 32.1. The van der Waals surface area contributed by atoms with Crippen LogP contribution in [0.4, 0.5) is 16.6 Å². The topological polar surface area (TPSA) is 92.9 Å². The molecule has 0 fully saturated rings. The molecule has 0 bridgehead atoms. The molecule has 100 valence electrons. The van der Waals surface area contributed by atoms with Crippen molar-refractivity contribution < 1.29 is 4.79 Å². The van der Waals surface area contributed by atoms with E-state index in [1.54, 1.807) is 7.05 Å².